The van der Waals surface area contributed by atoms with E-state index in [1.807, 2.05) is 0 Å². The average molecular weight is 303 g/mol. The molecule has 1 aromatic rings. The van der Waals surface area contributed by atoms with Crippen LogP contribution in [0.4, 0.5) is 11.4 Å². The maximum Gasteiger partial charge on any atom is 0.291 e. The lowest BCUT2D eigenvalue weighted by atomic mass is 10.3. The van der Waals surface area contributed by atoms with Gasteiger partial charge in [-0.1, -0.05) is 0 Å². The molecule has 0 saturated heterocycles. The molecule has 20 heavy (non-hydrogen) atoms. The SMILES string of the molecule is CNc1ccc(S(=O)(=O)NC(C)COC)c([N+](=O)[O-])c1. The van der Waals surface area contributed by atoms with Crippen LogP contribution < -0.4 is 10.0 Å². The molecule has 0 amide bonds. The van der Waals surface area contributed by atoms with Gasteiger partial charge in [-0.25, -0.2) is 13.1 Å². The van der Waals surface area contributed by atoms with Gasteiger partial charge in [0.2, 0.25) is 10.0 Å². The zero-order chi connectivity index (χ0) is 15.3. The van der Waals surface area contributed by atoms with Crippen molar-refractivity contribution in [3.63, 3.8) is 0 Å². The number of methoxy groups -OCH3 is 1. The standard InChI is InChI=1S/C11H17N3O5S/c1-8(7-19-3)13-20(17,18)11-5-4-9(12-2)6-10(11)14(15)16/h4-6,8,12-13H,7H2,1-3H3. The zero-order valence-corrected chi connectivity index (χ0v) is 12.2. The number of ether oxygens (including phenoxy) is 1. The van der Waals surface area contributed by atoms with Gasteiger partial charge in [-0.3, -0.25) is 10.1 Å². The summed E-state index contributed by atoms with van der Waals surface area (Å²) in [5, 5.41) is 13.7. The molecule has 1 rings (SSSR count). The van der Waals surface area contributed by atoms with Gasteiger partial charge in [0.1, 0.15) is 0 Å². The van der Waals surface area contributed by atoms with Crippen LogP contribution in [0.5, 0.6) is 0 Å². The van der Waals surface area contributed by atoms with Crippen LogP contribution in [0.25, 0.3) is 0 Å². The first-order valence-electron chi connectivity index (χ1n) is 5.79. The van der Waals surface area contributed by atoms with E-state index in [1.165, 1.54) is 25.3 Å². The van der Waals surface area contributed by atoms with Crippen LogP contribution in [0, 0.1) is 10.1 Å². The molecule has 0 aliphatic heterocycles. The summed E-state index contributed by atoms with van der Waals surface area (Å²) in [5.41, 5.74) is -0.0189. The number of nitro benzene ring substituents is 1. The highest BCUT2D eigenvalue weighted by atomic mass is 32.2. The number of hydrogen-bond donors (Lipinski definition) is 2. The molecular weight excluding hydrogens is 286 g/mol. The molecule has 0 heterocycles. The molecule has 0 spiro atoms. The Morgan fingerprint density at radius 2 is 2.10 bits per heavy atom. The second-order valence-electron chi connectivity index (χ2n) is 4.17. The molecule has 112 valence electrons. The number of sulfonamides is 1. The van der Waals surface area contributed by atoms with Crippen molar-refractivity contribution >= 4 is 21.4 Å². The number of nitro groups is 1. The van der Waals surface area contributed by atoms with Crippen LogP contribution >= 0.6 is 0 Å². The van der Waals surface area contributed by atoms with Crippen molar-refractivity contribution < 1.29 is 18.1 Å². The Balaban J connectivity index is 3.20. The van der Waals surface area contributed by atoms with E-state index in [-0.39, 0.29) is 11.5 Å². The number of nitrogens with zero attached hydrogens (tertiary/aromatic N) is 1. The third kappa shape index (κ3) is 3.89. The van der Waals surface area contributed by atoms with Crippen LogP contribution in [0.3, 0.4) is 0 Å². The van der Waals surface area contributed by atoms with E-state index in [4.69, 9.17) is 4.74 Å². The molecule has 0 aliphatic carbocycles. The van der Waals surface area contributed by atoms with Crippen molar-refractivity contribution in [1.82, 2.24) is 4.72 Å². The molecule has 1 aromatic carbocycles. The van der Waals surface area contributed by atoms with E-state index < -0.39 is 26.7 Å². The third-order valence-electron chi connectivity index (χ3n) is 2.51. The Morgan fingerprint density at radius 3 is 2.60 bits per heavy atom. The normalized spacial score (nSPS) is 12.9. The van der Waals surface area contributed by atoms with Crippen LogP contribution in [-0.4, -0.2) is 40.1 Å². The summed E-state index contributed by atoms with van der Waals surface area (Å²) in [6, 6.07) is 3.35. The Kier molecular flexibility index (Phi) is 5.43. The number of benzene rings is 1. The zero-order valence-electron chi connectivity index (χ0n) is 11.4. The van der Waals surface area contributed by atoms with Gasteiger partial charge < -0.3 is 10.1 Å². The molecule has 0 aliphatic rings. The molecule has 2 N–H and O–H groups in total. The van der Waals surface area contributed by atoms with Gasteiger partial charge in [-0.15, -0.1) is 0 Å². The molecule has 1 atom stereocenters. The van der Waals surface area contributed by atoms with E-state index in [0.29, 0.717) is 5.69 Å². The van der Waals surface area contributed by atoms with E-state index in [1.54, 1.807) is 14.0 Å². The Hall–Kier alpha value is -1.71. The van der Waals surface area contributed by atoms with Gasteiger partial charge in [-0.2, -0.15) is 0 Å². The lowest BCUT2D eigenvalue weighted by molar-refractivity contribution is -0.387. The van der Waals surface area contributed by atoms with Crippen molar-refractivity contribution in [2.24, 2.45) is 0 Å². The summed E-state index contributed by atoms with van der Waals surface area (Å²) in [6.45, 7) is 1.77. The highest BCUT2D eigenvalue weighted by Gasteiger charge is 2.27. The predicted octanol–water partition coefficient (Wildman–Crippen LogP) is 0.950. The summed E-state index contributed by atoms with van der Waals surface area (Å²) in [4.78, 5) is 9.91. The van der Waals surface area contributed by atoms with E-state index in [9.17, 15) is 18.5 Å². The monoisotopic (exact) mass is 303 g/mol. The fraction of sp³-hybridized carbons (Fsp3) is 0.455. The molecule has 0 fully saturated rings. The van der Waals surface area contributed by atoms with Crippen molar-refractivity contribution in [2.45, 2.75) is 17.9 Å². The quantitative estimate of drug-likeness (QED) is 0.573. The maximum atomic E-state index is 12.2. The second-order valence-corrected chi connectivity index (χ2v) is 5.85. The van der Waals surface area contributed by atoms with Crippen molar-refractivity contribution in [3.8, 4) is 0 Å². The van der Waals surface area contributed by atoms with Gasteiger partial charge in [0.05, 0.1) is 11.5 Å². The lowest BCUT2D eigenvalue weighted by Gasteiger charge is -2.13. The number of anilines is 1. The molecule has 1 unspecified atom stereocenters. The molecule has 8 nitrogen and oxygen atoms in total. The lowest BCUT2D eigenvalue weighted by Crippen LogP contribution is -2.35. The van der Waals surface area contributed by atoms with Crippen molar-refractivity contribution in [1.29, 1.82) is 0 Å². The van der Waals surface area contributed by atoms with Gasteiger partial charge in [0.15, 0.2) is 4.90 Å². The van der Waals surface area contributed by atoms with Gasteiger partial charge in [-0.05, 0) is 19.1 Å². The van der Waals surface area contributed by atoms with Crippen LogP contribution in [0.2, 0.25) is 0 Å². The van der Waals surface area contributed by atoms with Gasteiger partial charge >= 0.3 is 0 Å². The van der Waals surface area contributed by atoms with Gasteiger partial charge in [0.25, 0.3) is 5.69 Å². The van der Waals surface area contributed by atoms with Gasteiger partial charge in [0, 0.05) is 32.0 Å². The predicted molar refractivity (Wildman–Crippen MR) is 74.3 cm³/mol. The Morgan fingerprint density at radius 1 is 1.45 bits per heavy atom. The molecule has 0 saturated carbocycles. The highest BCUT2D eigenvalue weighted by Crippen LogP contribution is 2.27. The number of nitrogens with one attached hydrogen (secondary N) is 2. The molecular formula is C11H17N3O5S. The van der Waals surface area contributed by atoms with E-state index in [2.05, 4.69) is 10.0 Å². The largest absolute Gasteiger partial charge is 0.388 e. The first kappa shape index (κ1) is 16.3. The summed E-state index contributed by atoms with van der Waals surface area (Å²) in [7, 11) is -0.953. The molecule has 0 radical (unpaired) electrons. The first-order valence-corrected chi connectivity index (χ1v) is 7.27. The number of hydrogen-bond acceptors (Lipinski definition) is 6. The summed E-state index contributed by atoms with van der Waals surface area (Å²) >= 11 is 0. The highest BCUT2D eigenvalue weighted by molar-refractivity contribution is 7.89. The maximum absolute atomic E-state index is 12.2. The molecule has 9 heteroatoms. The fourth-order valence-electron chi connectivity index (χ4n) is 1.66. The smallest absolute Gasteiger partial charge is 0.291 e. The Labute approximate surface area is 117 Å². The number of rotatable bonds is 7. The molecule has 0 bridgehead atoms. The van der Waals surface area contributed by atoms with Crippen LogP contribution in [-0.2, 0) is 14.8 Å². The summed E-state index contributed by atoms with van der Waals surface area (Å²) < 4.78 is 31.5. The second kappa shape index (κ2) is 6.64. The summed E-state index contributed by atoms with van der Waals surface area (Å²) in [5.74, 6) is 0. The molecule has 0 aromatic heterocycles. The van der Waals surface area contributed by atoms with Crippen LogP contribution in [0.15, 0.2) is 23.1 Å². The minimum Gasteiger partial charge on any atom is -0.388 e. The minimum atomic E-state index is -3.98. The summed E-state index contributed by atoms with van der Waals surface area (Å²) in [6.07, 6.45) is 0. The third-order valence-corrected chi connectivity index (χ3v) is 4.14. The fourth-order valence-corrected chi connectivity index (χ4v) is 3.04. The van der Waals surface area contributed by atoms with Crippen molar-refractivity contribution in [3.05, 3.63) is 28.3 Å². The van der Waals surface area contributed by atoms with E-state index in [0.717, 1.165) is 0 Å². The van der Waals surface area contributed by atoms with E-state index >= 15 is 0 Å². The topological polar surface area (TPSA) is 111 Å². The first-order chi connectivity index (χ1) is 9.31. The Bertz CT molecular complexity index is 588. The van der Waals surface area contributed by atoms with Crippen LogP contribution in [0.1, 0.15) is 6.92 Å². The minimum absolute atomic E-state index is 0.168. The average Bonchev–Trinajstić information content (AvgIpc) is 2.37. The van der Waals surface area contributed by atoms with Crippen molar-refractivity contribution in [2.75, 3.05) is 26.1 Å².